The van der Waals surface area contributed by atoms with Crippen LogP contribution in [0.25, 0.3) is 0 Å². The van der Waals surface area contributed by atoms with Crippen molar-refractivity contribution in [3.05, 3.63) is 77.5 Å². The van der Waals surface area contributed by atoms with Gasteiger partial charge < -0.3 is 0 Å². The van der Waals surface area contributed by atoms with Gasteiger partial charge in [-0.3, -0.25) is 0 Å². The Morgan fingerprint density at radius 1 is 0.613 bits per heavy atom. The molecule has 1 aliphatic heterocycles. The van der Waals surface area contributed by atoms with E-state index in [2.05, 4.69) is 71.5 Å². The van der Waals surface area contributed by atoms with E-state index in [1.807, 2.05) is 0 Å². The maximum atomic E-state index is 4.32. The molecule has 0 spiro atoms. The molecule has 1 atom stereocenters. The van der Waals surface area contributed by atoms with Crippen LogP contribution in [-0.4, -0.2) is 12.4 Å². The summed E-state index contributed by atoms with van der Waals surface area (Å²) in [5.74, 6) is 0.467. The van der Waals surface area contributed by atoms with Crippen LogP contribution in [0, 0.1) is 6.17 Å². The van der Waals surface area contributed by atoms with Gasteiger partial charge in [-0.2, -0.15) is 0 Å². The third kappa shape index (κ3) is 8.01. The number of hydrogen-bond donors (Lipinski definition) is 0. The van der Waals surface area contributed by atoms with Crippen molar-refractivity contribution in [1.29, 1.82) is 0 Å². The smallest absolute Gasteiger partial charge is 0.147 e. The molecule has 164 valence electrons. The van der Waals surface area contributed by atoms with E-state index >= 15 is 0 Å². The third-order valence-corrected chi connectivity index (χ3v) is 6.33. The third-order valence-electron chi connectivity index (χ3n) is 6.33. The number of unbranched alkanes of at least 4 members (excludes halogenated alkanes) is 10. The standard InChI is InChI=1S/C29H39N2/c1-2-3-4-5-6-7-8-9-10-11-15-18-28(25-16-13-12-14-17-25)26-19-21-27(22-20-26)29-30-23-24-31-29/h12-14,16-17,19-24,28H,2-11,15,18H2,1H3/q+1. The lowest BCUT2D eigenvalue weighted by atomic mass is 9.86. The zero-order valence-electron chi connectivity index (χ0n) is 19.3. The van der Waals surface area contributed by atoms with Crippen LogP contribution < -0.4 is 0 Å². The lowest BCUT2D eigenvalue weighted by Crippen LogP contribution is -2.02. The molecular formula is C29H39N2+. The second-order valence-corrected chi connectivity index (χ2v) is 8.79. The quantitative estimate of drug-likeness (QED) is 0.206. The SMILES string of the molecule is CCCCCCCCCCCCCC(c1ccccc1)c1ccc([C+]2N=CC=N2)cc1. The second kappa shape index (κ2) is 13.9. The van der Waals surface area contributed by atoms with E-state index in [0.717, 1.165) is 11.7 Å². The Balaban J connectivity index is 1.44. The van der Waals surface area contributed by atoms with Crippen LogP contribution in [0.1, 0.15) is 107 Å². The summed E-state index contributed by atoms with van der Waals surface area (Å²) in [7, 11) is 0. The highest BCUT2D eigenvalue weighted by Crippen LogP contribution is 2.31. The Morgan fingerprint density at radius 2 is 1.13 bits per heavy atom. The fourth-order valence-electron chi connectivity index (χ4n) is 4.48. The van der Waals surface area contributed by atoms with Gasteiger partial charge in [0.15, 0.2) is 0 Å². The minimum atomic E-state index is 0.467. The highest BCUT2D eigenvalue weighted by atomic mass is 15.0. The zero-order valence-corrected chi connectivity index (χ0v) is 19.3. The van der Waals surface area contributed by atoms with Crippen LogP contribution in [0.4, 0.5) is 0 Å². The van der Waals surface area contributed by atoms with Crippen molar-refractivity contribution in [3.63, 3.8) is 0 Å². The molecule has 0 fully saturated rings. The van der Waals surface area contributed by atoms with Crippen molar-refractivity contribution in [2.75, 3.05) is 0 Å². The van der Waals surface area contributed by atoms with Gasteiger partial charge in [0, 0.05) is 18.1 Å². The summed E-state index contributed by atoms with van der Waals surface area (Å²) < 4.78 is 0. The summed E-state index contributed by atoms with van der Waals surface area (Å²) in [6, 6.07) is 19.9. The van der Waals surface area contributed by atoms with Gasteiger partial charge >= 0.3 is 0 Å². The van der Waals surface area contributed by atoms with Gasteiger partial charge in [-0.05, 0) is 29.7 Å². The van der Waals surface area contributed by atoms with Crippen LogP contribution in [0.15, 0.2) is 64.6 Å². The lowest BCUT2D eigenvalue weighted by molar-refractivity contribution is 0.536. The van der Waals surface area contributed by atoms with Crippen molar-refractivity contribution < 1.29 is 0 Å². The first-order chi connectivity index (χ1) is 15.4. The fourth-order valence-corrected chi connectivity index (χ4v) is 4.48. The Labute approximate surface area is 189 Å². The highest BCUT2D eigenvalue weighted by Gasteiger charge is 2.20. The number of aliphatic imine (C=N–C) groups is 2. The van der Waals surface area contributed by atoms with Crippen LogP contribution in [0.3, 0.4) is 0 Å². The van der Waals surface area contributed by atoms with E-state index in [1.54, 1.807) is 12.4 Å². The average Bonchev–Trinajstić information content (AvgIpc) is 3.36. The molecule has 0 saturated heterocycles. The first kappa shape index (κ1) is 23.3. The van der Waals surface area contributed by atoms with Gasteiger partial charge in [0.1, 0.15) is 18.0 Å². The van der Waals surface area contributed by atoms with Crippen LogP contribution in [0.2, 0.25) is 0 Å². The van der Waals surface area contributed by atoms with Crippen molar-refractivity contribution in [2.45, 2.75) is 89.9 Å². The molecule has 0 radical (unpaired) electrons. The summed E-state index contributed by atoms with van der Waals surface area (Å²) >= 11 is 0. The molecule has 2 nitrogen and oxygen atoms in total. The minimum absolute atomic E-state index is 0.467. The Bertz CT molecular complexity index is 764. The average molecular weight is 416 g/mol. The highest BCUT2D eigenvalue weighted by molar-refractivity contribution is 6.18. The van der Waals surface area contributed by atoms with Crippen molar-refractivity contribution in [1.82, 2.24) is 0 Å². The van der Waals surface area contributed by atoms with E-state index in [9.17, 15) is 0 Å². The molecule has 0 bridgehead atoms. The second-order valence-electron chi connectivity index (χ2n) is 8.79. The van der Waals surface area contributed by atoms with E-state index in [0.29, 0.717) is 5.92 Å². The van der Waals surface area contributed by atoms with Crippen LogP contribution >= 0.6 is 0 Å². The van der Waals surface area contributed by atoms with Crippen molar-refractivity contribution in [2.24, 2.45) is 9.98 Å². The molecule has 1 unspecified atom stereocenters. The largest absolute Gasteiger partial charge is 0.243 e. The van der Waals surface area contributed by atoms with E-state index in [4.69, 9.17) is 0 Å². The van der Waals surface area contributed by atoms with Crippen molar-refractivity contribution >= 4 is 12.4 Å². The summed E-state index contributed by atoms with van der Waals surface area (Å²) in [5.41, 5.74) is 3.91. The Kier molecular flexibility index (Phi) is 10.4. The summed E-state index contributed by atoms with van der Waals surface area (Å²) in [6.45, 7) is 2.29. The molecule has 2 heteroatoms. The van der Waals surface area contributed by atoms with Crippen LogP contribution in [-0.2, 0) is 0 Å². The molecule has 0 saturated carbocycles. The minimum Gasteiger partial charge on any atom is -0.147 e. The number of benzene rings is 2. The van der Waals surface area contributed by atoms with Gasteiger partial charge in [-0.1, -0.05) is 108 Å². The normalized spacial score (nSPS) is 13.8. The molecule has 2 aromatic rings. The molecule has 0 amide bonds. The lowest BCUT2D eigenvalue weighted by Gasteiger charge is -2.18. The molecule has 2 aromatic carbocycles. The van der Waals surface area contributed by atoms with Gasteiger partial charge in [-0.15, -0.1) is 9.98 Å². The molecule has 0 N–H and O–H groups in total. The first-order valence-electron chi connectivity index (χ1n) is 12.5. The van der Waals surface area contributed by atoms with E-state index < -0.39 is 0 Å². The predicted octanol–water partition coefficient (Wildman–Crippen LogP) is 8.51. The fraction of sp³-hybridized carbons (Fsp3) is 0.483. The molecule has 1 heterocycles. The van der Waals surface area contributed by atoms with Crippen LogP contribution in [0.5, 0.6) is 0 Å². The zero-order chi connectivity index (χ0) is 21.6. The van der Waals surface area contributed by atoms with Gasteiger partial charge in [0.2, 0.25) is 6.17 Å². The van der Waals surface area contributed by atoms with Crippen molar-refractivity contribution in [3.8, 4) is 0 Å². The molecule has 31 heavy (non-hydrogen) atoms. The van der Waals surface area contributed by atoms with Gasteiger partial charge in [0.05, 0.1) is 0 Å². The summed E-state index contributed by atoms with van der Waals surface area (Å²) in [5, 5.41) is 0. The number of rotatable bonds is 15. The Morgan fingerprint density at radius 3 is 1.71 bits per heavy atom. The van der Waals surface area contributed by atoms with Gasteiger partial charge in [-0.25, -0.2) is 0 Å². The molecular weight excluding hydrogens is 376 g/mol. The van der Waals surface area contributed by atoms with E-state index in [1.165, 1.54) is 88.2 Å². The summed E-state index contributed by atoms with van der Waals surface area (Å²) in [4.78, 5) is 8.64. The number of hydrogen-bond acceptors (Lipinski definition) is 2. The van der Waals surface area contributed by atoms with Gasteiger partial charge in [0.25, 0.3) is 0 Å². The first-order valence-corrected chi connectivity index (χ1v) is 12.5. The monoisotopic (exact) mass is 415 g/mol. The maximum absolute atomic E-state index is 4.32. The summed E-state index contributed by atoms with van der Waals surface area (Å²) in [6.07, 6.45) is 20.8. The molecule has 0 aliphatic carbocycles. The topological polar surface area (TPSA) is 24.7 Å². The maximum Gasteiger partial charge on any atom is 0.243 e. The van der Waals surface area contributed by atoms with E-state index in [-0.39, 0.29) is 0 Å². The Hall–Kier alpha value is -2.35. The molecule has 3 rings (SSSR count). The molecule has 0 aromatic heterocycles. The predicted molar refractivity (Wildman–Crippen MR) is 135 cm³/mol. The number of nitrogens with zero attached hydrogens (tertiary/aromatic N) is 2. The molecule has 1 aliphatic rings.